The first-order valence-corrected chi connectivity index (χ1v) is 28.0. The van der Waals surface area contributed by atoms with Gasteiger partial charge >= 0.3 is 0 Å². The second kappa shape index (κ2) is 18.8. The molecule has 378 valence electrons. The quantitative estimate of drug-likeness (QED) is 0.141. The summed E-state index contributed by atoms with van der Waals surface area (Å²) in [5.41, 5.74) is 26.2. The van der Waals surface area contributed by atoms with Crippen LogP contribution in [0, 0.1) is 0 Å². The van der Waals surface area contributed by atoms with E-state index in [1.54, 1.807) is 0 Å². The van der Waals surface area contributed by atoms with E-state index in [2.05, 4.69) is 308 Å². The number of hydrogen-bond donors (Lipinski definition) is 0. The summed E-state index contributed by atoms with van der Waals surface area (Å²) in [5.74, 6) is 0. The lowest BCUT2D eigenvalue weighted by molar-refractivity contribution is 0.670. The first kappa shape index (κ1) is 46.5. The Hall–Kier alpha value is -10.5. The second-order valence-electron chi connectivity index (χ2n) is 21.4. The molecule has 16 rings (SSSR count). The van der Waals surface area contributed by atoms with Crippen LogP contribution in [0.5, 0.6) is 0 Å². The van der Waals surface area contributed by atoms with Gasteiger partial charge in [0.15, 0.2) is 0 Å². The van der Waals surface area contributed by atoms with Crippen LogP contribution in [-0.2, 0) is 5.41 Å². The minimum absolute atomic E-state index is 0.574. The lowest BCUT2D eigenvalue weighted by atomic mass is 9.67. The van der Waals surface area contributed by atoms with Gasteiger partial charge < -0.3 is 8.98 Å². The van der Waals surface area contributed by atoms with Gasteiger partial charge in [-0.1, -0.05) is 261 Å². The molecular formula is C79H51NO. The predicted molar refractivity (Wildman–Crippen MR) is 338 cm³/mol. The van der Waals surface area contributed by atoms with Gasteiger partial charge in [-0.15, -0.1) is 0 Å². The molecule has 0 spiro atoms. The summed E-state index contributed by atoms with van der Waals surface area (Å²) in [7, 11) is 0. The van der Waals surface area contributed by atoms with Gasteiger partial charge in [0, 0.05) is 32.7 Å². The SMILES string of the molecule is c1ccc(-c2ccccc2-c2ccc3c(c2)c2cc(-c4ccccc4-c4ccccc4)ccc2n3-c2ccccc2-c2ccc3c(c2)-c2cc(-c4cccc5c4oc4ccccc45)ccc2C3(c2ccccc2)c2ccccc2)cc1. The molecular weight excluding hydrogens is 979 g/mol. The van der Waals surface area contributed by atoms with E-state index in [-0.39, 0.29) is 0 Å². The molecule has 0 saturated heterocycles. The third-order valence-corrected chi connectivity index (χ3v) is 17.1. The second-order valence-corrected chi connectivity index (χ2v) is 21.4. The molecule has 2 aromatic heterocycles. The lowest BCUT2D eigenvalue weighted by Gasteiger charge is -2.34. The Bertz CT molecular complexity index is 4730. The Morgan fingerprint density at radius 3 is 1.19 bits per heavy atom. The van der Waals surface area contributed by atoms with Crippen LogP contribution in [0.15, 0.2) is 314 Å². The average molecular weight is 1030 g/mol. The van der Waals surface area contributed by atoms with E-state index in [0.717, 1.165) is 60.9 Å². The largest absolute Gasteiger partial charge is 0.455 e. The van der Waals surface area contributed by atoms with E-state index in [9.17, 15) is 0 Å². The maximum absolute atomic E-state index is 6.70. The Morgan fingerprint density at radius 1 is 0.247 bits per heavy atom. The van der Waals surface area contributed by atoms with Crippen LogP contribution < -0.4 is 0 Å². The summed E-state index contributed by atoms with van der Waals surface area (Å²) >= 11 is 0. The van der Waals surface area contributed by atoms with Crippen molar-refractivity contribution in [1.82, 2.24) is 4.57 Å². The van der Waals surface area contributed by atoms with Gasteiger partial charge in [0.25, 0.3) is 0 Å². The number of hydrogen-bond acceptors (Lipinski definition) is 1. The zero-order chi connectivity index (χ0) is 53.4. The van der Waals surface area contributed by atoms with Crippen LogP contribution in [0.1, 0.15) is 22.3 Å². The summed E-state index contributed by atoms with van der Waals surface area (Å²) < 4.78 is 9.20. The summed E-state index contributed by atoms with van der Waals surface area (Å²) in [4.78, 5) is 0. The molecule has 13 aromatic carbocycles. The molecule has 0 fully saturated rings. The number of para-hydroxylation sites is 3. The molecule has 2 nitrogen and oxygen atoms in total. The van der Waals surface area contributed by atoms with Crippen LogP contribution in [0.4, 0.5) is 0 Å². The molecule has 0 saturated carbocycles. The molecule has 0 bridgehead atoms. The highest BCUT2D eigenvalue weighted by Gasteiger charge is 2.46. The van der Waals surface area contributed by atoms with E-state index < -0.39 is 5.41 Å². The molecule has 1 aliphatic carbocycles. The molecule has 2 heterocycles. The van der Waals surface area contributed by atoms with Crippen molar-refractivity contribution in [3.63, 3.8) is 0 Å². The number of rotatable bonds is 9. The zero-order valence-electron chi connectivity index (χ0n) is 44.3. The van der Waals surface area contributed by atoms with Crippen LogP contribution in [0.2, 0.25) is 0 Å². The highest BCUT2D eigenvalue weighted by atomic mass is 16.3. The van der Waals surface area contributed by atoms with Gasteiger partial charge in [-0.2, -0.15) is 0 Å². The summed E-state index contributed by atoms with van der Waals surface area (Å²) in [6.45, 7) is 0. The summed E-state index contributed by atoms with van der Waals surface area (Å²) in [6, 6.07) is 114. The van der Waals surface area contributed by atoms with E-state index in [0.29, 0.717) is 0 Å². The molecule has 0 atom stereocenters. The van der Waals surface area contributed by atoms with Crippen molar-refractivity contribution in [2.24, 2.45) is 0 Å². The topological polar surface area (TPSA) is 18.1 Å². The number of nitrogens with zero attached hydrogens (tertiary/aromatic N) is 1. The van der Waals surface area contributed by atoms with E-state index in [1.165, 1.54) is 88.7 Å². The Kier molecular flexibility index (Phi) is 10.8. The maximum atomic E-state index is 6.70. The molecule has 0 amide bonds. The van der Waals surface area contributed by atoms with Gasteiger partial charge in [-0.05, 0) is 138 Å². The number of benzene rings is 13. The molecule has 0 radical (unpaired) electrons. The third-order valence-electron chi connectivity index (χ3n) is 17.1. The standard InChI is InChI=1S/C79H51NO/c1-5-22-52(23-6-1)60-30-13-15-32-62(60)54-42-46-75-70(50-54)71-51-55(63-33-16-14-31-61(63)53-24-7-2-8-25-53)43-47-76(71)80(75)74-38-19-17-34-64(74)56-40-44-72-68(48-56)69-49-57(65-36-21-37-67-66-35-18-20-39-77(66)81-78(65)67)41-45-73(69)79(72,58-26-9-3-10-27-58)59-28-11-4-12-29-59/h1-51H. The Labute approximate surface area is 470 Å². The fraction of sp³-hybridized carbons (Fsp3) is 0.0127. The minimum atomic E-state index is -0.574. The fourth-order valence-corrected chi connectivity index (χ4v) is 13.5. The normalized spacial score (nSPS) is 12.5. The van der Waals surface area contributed by atoms with E-state index in [4.69, 9.17) is 4.42 Å². The monoisotopic (exact) mass is 1030 g/mol. The van der Waals surface area contributed by atoms with Crippen LogP contribution in [0.3, 0.4) is 0 Å². The number of aromatic nitrogens is 1. The maximum Gasteiger partial charge on any atom is 0.143 e. The first-order valence-electron chi connectivity index (χ1n) is 28.0. The van der Waals surface area contributed by atoms with Crippen molar-refractivity contribution in [1.29, 1.82) is 0 Å². The number of fused-ring (bicyclic) bond motifs is 9. The van der Waals surface area contributed by atoms with Crippen LogP contribution in [-0.4, -0.2) is 4.57 Å². The van der Waals surface area contributed by atoms with Gasteiger partial charge in [-0.3, -0.25) is 0 Å². The zero-order valence-corrected chi connectivity index (χ0v) is 44.3. The van der Waals surface area contributed by atoms with Gasteiger partial charge in [0.05, 0.1) is 22.1 Å². The summed E-state index contributed by atoms with van der Waals surface area (Å²) in [5, 5.41) is 4.65. The first-order chi connectivity index (χ1) is 40.2. The van der Waals surface area contributed by atoms with Crippen molar-refractivity contribution in [2.45, 2.75) is 5.41 Å². The lowest BCUT2D eigenvalue weighted by Crippen LogP contribution is -2.28. The van der Waals surface area contributed by atoms with Crippen molar-refractivity contribution in [3.05, 3.63) is 332 Å². The van der Waals surface area contributed by atoms with Crippen molar-refractivity contribution < 1.29 is 4.42 Å². The smallest absolute Gasteiger partial charge is 0.143 e. The van der Waals surface area contributed by atoms with Crippen LogP contribution >= 0.6 is 0 Å². The highest BCUT2D eigenvalue weighted by molar-refractivity contribution is 6.13. The molecule has 0 N–H and O–H groups in total. The Morgan fingerprint density at radius 2 is 0.642 bits per heavy atom. The molecule has 0 aliphatic heterocycles. The predicted octanol–water partition coefficient (Wildman–Crippen LogP) is 21.0. The molecule has 15 aromatic rings. The molecule has 1 aliphatic rings. The van der Waals surface area contributed by atoms with E-state index >= 15 is 0 Å². The fourth-order valence-electron chi connectivity index (χ4n) is 13.5. The number of furan rings is 1. The van der Waals surface area contributed by atoms with Gasteiger partial charge in [0.1, 0.15) is 11.2 Å². The van der Waals surface area contributed by atoms with Crippen molar-refractivity contribution >= 4 is 43.7 Å². The van der Waals surface area contributed by atoms with Gasteiger partial charge in [0.2, 0.25) is 0 Å². The van der Waals surface area contributed by atoms with Crippen molar-refractivity contribution in [2.75, 3.05) is 0 Å². The highest BCUT2D eigenvalue weighted by Crippen LogP contribution is 2.58. The summed E-state index contributed by atoms with van der Waals surface area (Å²) in [6.07, 6.45) is 0. The minimum Gasteiger partial charge on any atom is -0.455 e. The van der Waals surface area contributed by atoms with Crippen molar-refractivity contribution in [3.8, 4) is 83.6 Å². The van der Waals surface area contributed by atoms with E-state index in [1.807, 2.05) is 6.07 Å². The molecule has 0 unspecified atom stereocenters. The van der Waals surface area contributed by atoms with Gasteiger partial charge in [-0.25, -0.2) is 0 Å². The molecule has 2 heteroatoms. The average Bonchev–Trinajstić information content (AvgIpc) is 2.92. The van der Waals surface area contributed by atoms with Crippen LogP contribution in [0.25, 0.3) is 127 Å². The Balaban J connectivity index is 0.922. The molecule has 81 heavy (non-hydrogen) atoms. The third kappa shape index (κ3) is 7.34.